The van der Waals surface area contributed by atoms with Crippen molar-refractivity contribution in [1.82, 2.24) is 9.97 Å². The molecule has 0 bridgehead atoms. The highest BCUT2D eigenvalue weighted by atomic mass is 16.1. The molecule has 4 nitrogen and oxygen atoms in total. The van der Waals surface area contributed by atoms with Gasteiger partial charge in [0.15, 0.2) is 0 Å². The van der Waals surface area contributed by atoms with Crippen molar-refractivity contribution >= 4 is 16.7 Å². The maximum Gasteiger partial charge on any atom is 0.250 e. The van der Waals surface area contributed by atoms with Gasteiger partial charge in [-0.15, -0.1) is 0 Å². The zero-order chi connectivity index (χ0) is 9.26. The molecule has 0 aliphatic heterocycles. The van der Waals surface area contributed by atoms with Crippen LogP contribution in [0.4, 0.5) is 0 Å². The summed E-state index contributed by atoms with van der Waals surface area (Å²) < 4.78 is 0. The fourth-order valence-corrected chi connectivity index (χ4v) is 1.20. The van der Waals surface area contributed by atoms with E-state index in [9.17, 15) is 4.79 Å². The van der Waals surface area contributed by atoms with Gasteiger partial charge in [0, 0.05) is 35.6 Å². The third kappa shape index (κ3) is 1.22. The average molecular weight is 173 g/mol. The van der Waals surface area contributed by atoms with Crippen LogP contribution in [0.3, 0.4) is 0 Å². The van der Waals surface area contributed by atoms with Gasteiger partial charge >= 0.3 is 0 Å². The van der Waals surface area contributed by atoms with E-state index in [0.29, 0.717) is 5.56 Å². The van der Waals surface area contributed by atoms with Gasteiger partial charge in [0.2, 0.25) is 0 Å². The molecule has 0 radical (unpaired) electrons. The molecule has 2 aromatic rings. The largest absolute Gasteiger partial charge is 0.366 e. The SMILES string of the molecule is NC(=O)c1cncc2ccncc12. The molecule has 0 fully saturated rings. The summed E-state index contributed by atoms with van der Waals surface area (Å²) in [7, 11) is 0. The molecule has 13 heavy (non-hydrogen) atoms. The Morgan fingerprint density at radius 3 is 2.85 bits per heavy atom. The molecule has 2 heterocycles. The second-order valence-corrected chi connectivity index (χ2v) is 2.65. The van der Waals surface area contributed by atoms with Crippen molar-refractivity contribution < 1.29 is 4.79 Å². The molecule has 0 unspecified atom stereocenters. The van der Waals surface area contributed by atoms with Crippen molar-refractivity contribution in [2.24, 2.45) is 5.73 Å². The lowest BCUT2D eigenvalue weighted by molar-refractivity contribution is 0.100. The van der Waals surface area contributed by atoms with Gasteiger partial charge in [-0.2, -0.15) is 0 Å². The molecule has 0 aromatic carbocycles. The maximum atomic E-state index is 11.0. The third-order valence-corrected chi connectivity index (χ3v) is 1.83. The second-order valence-electron chi connectivity index (χ2n) is 2.65. The number of fused-ring (bicyclic) bond motifs is 1. The van der Waals surface area contributed by atoms with E-state index in [4.69, 9.17) is 5.73 Å². The van der Waals surface area contributed by atoms with Crippen LogP contribution in [0.15, 0.2) is 30.9 Å². The van der Waals surface area contributed by atoms with E-state index in [0.717, 1.165) is 10.8 Å². The topological polar surface area (TPSA) is 68.9 Å². The Kier molecular flexibility index (Phi) is 1.66. The zero-order valence-corrected chi connectivity index (χ0v) is 6.77. The Bertz CT molecular complexity index is 462. The lowest BCUT2D eigenvalue weighted by Gasteiger charge is -1.99. The van der Waals surface area contributed by atoms with Gasteiger partial charge in [0.25, 0.3) is 5.91 Å². The van der Waals surface area contributed by atoms with Crippen LogP contribution in [-0.2, 0) is 0 Å². The first kappa shape index (κ1) is 7.67. The van der Waals surface area contributed by atoms with Crippen molar-refractivity contribution in [3.8, 4) is 0 Å². The smallest absolute Gasteiger partial charge is 0.250 e. The first-order valence-corrected chi connectivity index (χ1v) is 3.76. The van der Waals surface area contributed by atoms with Crippen LogP contribution in [0.5, 0.6) is 0 Å². The van der Waals surface area contributed by atoms with Crippen molar-refractivity contribution in [2.45, 2.75) is 0 Å². The minimum absolute atomic E-state index is 0.408. The first-order chi connectivity index (χ1) is 6.29. The maximum absolute atomic E-state index is 11.0. The number of rotatable bonds is 1. The summed E-state index contributed by atoms with van der Waals surface area (Å²) in [5, 5.41) is 1.61. The van der Waals surface area contributed by atoms with Gasteiger partial charge in [-0.3, -0.25) is 14.8 Å². The van der Waals surface area contributed by atoms with E-state index >= 15 is 0 Å². The minimum Gasteiger partial charge on any atom is -0.366 e. The van der Waals surface area contributed by atoms with Crippen LogP contribution in [-0.4, -0.2) is 15.9 Å². The summed E-state index contributed by atoms with van der Waals surface area (Å²) in [4.78, 5) is 18.8. The molecular formula is C9H7N3O. The molecule has 2 rings (SSSR count). The van der Waals surface area contributed by atoms with Crippen LogP contribution in [0.25, 0.3) is 10.8 Å². The van der Waals surface area contributed by atoms with Crippen LogP contribution in [0.2, 0.25) is 0 Å². The van der Waals surface area contributed by atoms with Gasteiger partial charge in [0.1, 0.15) is 0 Å². The van der Waals surface area contributed by atoms with Crippen molar-refractivity contribution in [3.05, 3.63) is 36.4 Å². The Morgan fingerprint density at radius 1 is 1.23 bits per heavy atom. The van der Waals surface area contributed by atoms with Crippen LogP contribution < -0.4 is 5.73 Å². The van der Waals surface area contributed by atoms with Gasteiger partial charge in [0.05, 0.1) is 5.56 Å². The molecule has 2 N–H and O–H groups in total. The number of amides is 1. The number of aromatic nitrogens is 2. The van der Waals surface area contributed by atoms with Crippen molar-refractivity contribution in [1.29, 1.82) is 0 Å². The summed E-state index contributed by atoms with van der Waals surface area (Å²) in [6, 6.07) is 1.79. The monoisotopic (exact) mass is 173 g/mol. The number of nitrogens with zero attached hydrogens (tertiary/aromatic N) is 2. The molecule has 0 saturated carbocycles. The molecule has 0 aliphatic carbocycles. The third-order valence-electron chi connectivity index (χ3n) is 1.83. The van der Waals surface area contributed by atoms with Gasteiger partial charge < -0.3 is 5.73 Å². The summed E-state index contributed by atoms with van der Waals surface area (Å²) in [6.45, 7) is 0. The second kappa shape index (κ2) is 2.82. The van der Waals surface area contributed by atoms with Crippen LogP contribution in [0, 0.1) is 0 Å². The van der Waals surface area contributed by atoms with Gasteiger partial charge in [-0.1, -0.05) is 0 Å². The van der Waals surface area contributed by atoms with Crippen molar-refractivity contribution in [2.75, 3.05) is 0 Å². The normalized spacial score (nSPS) is 10.2. The molecule has 64 valence electrons. The number of pyridine rings is 2. The van der Waals surface area contributed by atoms with E-state index in [1.165, 1.54) is 6.20 Å². The highest BCUT2D eigenvalue weighted by molar-refractivity contribution is 6.05. The fourth-order valence-electron chi connectivity index (χ4n) is 1.20. The number of nitrogens with two attached hydrogens (primary N) is 1. The molecular weight excluding hydrogens is 166 g/mol. The number of primary amides is 1. The zero-order valence-electron chi connectivity index (χ0n) is 6.77. The van der Waals surface area contributed by atoms with Crippen LogP contribution >= 0.6 is 0 Å². The fraction of sp³-hybridized carbons (Fsp3) is 0. The van der Waals surface area contributed by atoms with E-state index in [1.54, 1.807) is 24.7 Å². The quantitative estimate of drug-likeness (QED) is 0.691. The Morgan fingerprint density at radius 2 is 2.08 bits per heavy atom. The average Bonchev–Trinajstić information content (AvgIpc) is 2.17. The molecule has 1 amide bonds. The number of carbonyl (C=O) groups excluding carboxylic acids is 1. The van der Waals surface area contributed by atoms with E-state index in [-0.39, 0.29) is 0 Å². The van der Waals surface area contributed by atoms with E-state index in [1.807, 2.05) is 0 Å². The van der Waals surface area contributed by atoms with Gasteiger partial charge in [-0.05, 0) is 6.07 Å². The Hall–Kier alpha value is -1.97. The standard InChI is InChI=1S/C9H7N3O/c10-9(13)8-5-12-3-6-1-2-11-4-7(6)8/h1-5H,(H2,10,13). The van der Waals surface area contributed by atoms with E-state index in [2.05, 4.69) is 9.97 Å². The minimum atomic E-state index is -0.480. The molecule has 2 aromatic heterocycles. The Balaban J connectivity index is 2.83. The molecule has 4 heteroatoms. The summed E-state index contributed by atoms with van der Waals surface area (Å²) in [5.74, 6) is -0.480. The van der Waals surface area contributed by atoms with Gasteiger partial charge in [-0.25, -0.2) is 0 Å². The Labute approximate surface area is 74.4 Å². The molecule has 0 atom stereocenters. The summed E-state index contributed by atoms with van der Waals surface area (Å²) in [5.41, 5.74) is 5.58. The lowest BCUT2D eigenvalue weighted by atomic mass is 10.1. The molecule has 0 saturated heterocycles. The van der Waals surface area contributed by atoms with Crippen molar-refractivity contribution in [3.63, 3.8) is 0 Å². The number of hydrogen-bond acceptors (Lipinski definition) is 3. The van der Waals surface area contributed by atoms with Crippen LogP contribution in [0.1, 0.15) is 10.4 Å². The molecule has 0 spiro atoms. The lowest BCUT2D eigenvalue weighted by Crippen LogP contribution is -2.11. The highest BCUT2D eigenvalue weighted by Crippen LogP contribution is 2.14. The first-order valence-electron chi connectivity index (χ1n) is 3.76. The number of hydrogen-bond donors (Lipinski definition) is 1. The highest BCUT2D eigenvalue weighted by Gasteiger charge is 2.05. The molecule has 0 aliphatic rings. The summed E-state index contributed by atoms with van der Waals surface area (Å²) >= 11 is 0. The van der Waals surface area contributed by atoms with E-state index < -0.39 is 5.91 Å². The summed E-state index contributed by atoms with van der Waals surface area (Å²) in [6.07, 6.45) is 6.38. The number of carbonyl (C=O) groups is 1. The predicted octanol–water partition coefficient (Wildman–Crippen LogP) is 0.729. The predicted molar refractivity (Wildman–Crippen MR) is 48.1 cm³/mol.